The van der Waals surface area contributed by atoms with Gasteiger partial charge in [-0.1, -0.05) is 29.6 Å². The van der Waals surface area contributed by atoms with Crippen molar-refractivity contribution in [2.24, 2.45) is 11.3 Å². The number of fused-ring (bicyclic) bond motifs is 1. The van der Waals surface area contributed by atoms with Crippen molar-refractivity contribution in [2.75, 3.05) is 31.4 Å². The van der Waals surface area contributed by atoms with Crippen LogP contribution in [0.2, 0.25) is 0 Å². The van der Waals surface area contributed by atoms with Crippen molar-refractivity contribution < 1.29 is 14.3 Å². The average molecular weight is 464 g/mol. The molecule has 2 aliphatic rings. The van der Waals surface area contributed by atoms with Crippen LogP contribution in [-0.2, 0) is 9.53 Å². The topological polar surface area (TPSA) is 112 Å². The van der Waals surface area contributed by atoms with Crippen LogP contribution in [0, 0.1) is 11.3 Å². The number of ether oxygens (including phenoxy) is 2. The molecule has 170 valence electrons. The number of amides is 1. The van der Waals surface area contributed by atoms with E-state index in [-0.39, 0.29) is 17.8 Å². The van der Waals surface area contributed by atoms with Crippen LogP contribution in [-0.4, -0.2) is 41.2 Å². The number of anilines is 2. The van der Waals surface area contributed by atoms with Gasteiger partial charge in [-0.25, -0.2) is 15.0 Å². The summed E-state index contributed by atoms with van der Waals surface area (Å²) in [5, 5.41) is 3.71. The molecular formula is C24H25N5O3S. The van der Waals surface area contributed by atoms with E-state index in [4.69, 9.17) is 15.2 Å². The fourth-order valence-corrected chi connectivity index (χ4v) is 5.43. The second kappa shape index (κ2) is 8.92. The number of allylic oxidation sites excluding steroid dienone is 4. The smallest absolute Gasteiger partial charge is 0.233 e. The number of thiazole rings is 1. The number of carbonyl (C=O) groups excluding carboxylic acids is 1. The Hall–Kier alpha value is -3.30. The number of rotatable bonds is 5. The molecule has 2 aromatic heterocycles. The van der Waals surface area contributed by atoms with E-state index in [0.29, 0.717) is 31.2 Å². The van der Waals surface area contributed by atoms with Gasteiger partial charge in [-0.05, 0) is 49.0 Å². The van der Waals surface area contributed by atoms with Gasteiger partial charge in [-0.3, -0.25) is 4.79 Å². The third-order valence-corrected chi connectivity index (χ3v) is 7.40. The molecule has 1 atom stereocenters. The summed E-state index contributed by atoms with van der Waals surface area (Å²) in [6.07, 6.45) is 11.9. The van der Waals surface area contributed by atoms with Crippen molar-refractivity contribution >= 4 is 44.1 Å². The zero-order valence-corrected chi connectivity index (χ0v) is 19.1. The first-order chi connectivity index (χ1) is 16.1. The SMILES string of the molecule is COc1ccc2nc(NC(=O)C3(C4C=CC(c5cnc(N)nc5)=CC4)CCOCC3)sc2c1. The van der Waals surface area contributed by atoms with Crippen LogP contribution in [0.5, 0.6) is 5.75 Å². The Balaban J connectivity index is 1.37. The molecule has 9 heteroatoms. The van der Waals surface area contributed by atoms with E-state index in [2.05, 4.69) is 38.5 Å². The molecule has 3 N–H and O–H groups in total. The lowest BCUT2D eigenvalue weighted by atomic mass is 9.66. The van der Waals surface area contributed by atoms with Crippen molar-refractivity contribution in [1.82, 2.24) is 15.0 Å². The molecule has 1 aliphatic carbocycles. The summed E-state index contributed by atoms with van der Waals surface area (Å²) in [7, 11) is 1.64. The number of carbonyl (C=O) groups is 1. The van der Waals surface area contributed by atoms with E-state index in [1.54, 1.807) is 19.5 Å². The van der Waals surface area contributed by atoms with Crippen LogP contribution in [0.25, 0.3) is 15.8 Å². The first-order valence-corrected chi connectivity index (χ1v) is 11.7. The highest BCUT2D eigenvalue weighted by Crippen LogP contribution is 2.45. The highest BCUT2D eigenvalue weighted by Gasteiger charge is 2.46. The summed E-state index contributed by atoms with van der Waals surface area (Å²) in [4.78, 5) is 26.4. The number of nitrogens with zero attached hydrogens (tertiary/aromatic N) is 3. The van der Waals surface area contributed by atoms with Gasteiger partial charge < -0.3 is 20.5 Å². The Kier molecular flexibility index (Phi) is 5.82. The molecular weight excluding hydrogens is 438 g/mol. The number of methoxy groups -OCH3 is 1. The minimum atomic E-state index is -0.552. The monoisotopic (exact) mass is 463 g/mol. The lowest BCUT2D eigenvalue weighted by Gasteiger charge is -2.41. The predicted octanol–water partition coefficient (Wildman–Crippen LogP) is 4.07. The van der Waals surface area contributed by atoms with Gasteiger partial charge in [0.25, 0.3) is 0 Å². The number of hydrogen-bond acceptors (Lipinski definition) is 8. The van der Waals surface area contributed by atoms with Crippen molar-refractivity contribution in [2.45, 2.75) is 19.3 Å². The first kappa shape index (κ1) is 21.5. The maximum atomic E-state index is 13.7. The predicted molar refractivity (Wildman–Crippen MR) is 129 cm³/mol. The molecule has 1 unspecified atom stereocenters. The quantitative estimate of drug-likeness (QED) is 0.586. The van der Waals surface area contributed by atoms with E-state index in [1.165, 1.54) is 11.3 Å². The maximum absolute atomic E-state index is 13.7. The van der Waals surface area contributed by atoms with E-state index in [9.17, 15) is 4.79 Å². The molecule has 1 saturated heterocycles. The van der Waals surface area contributed by atoms with Crippen LogP contribution in [0.4, 0.5) is 11.1 Å². The highest BCUT2D eigenvalue weighted by atomic mass is 32.1. The summed E-state index contributed by atoms with van der Waals surface area (Å²) in [6.45, 7) is 1.13. The fourth-order valence-electron chi connectivity index (χ4n) is 4.54. The van der Waals surface area contributed by atoms with Crippen molar-refractivity contribution in [1.29, 1.82) is 0 Å². The van der Waals surface area contributed by atoms with Gasteiger partial charge in [0.05, 0.1) is 22.7 Å². The van der Waals surface area contributed by atoms with Gasteiger partial charge in [0.2, 0.25) is 11.9 Å². The van der Waals surface area contributed by atoms with Gasteiger partial charge in [0.1, 0.15) is 5.75 Å². The molecule has 0 bridgehead atoms. The summed E-state index contributed by atoms with van der Waals surface area (Å²) < 4.78 is 11.9. The van der Waals surface area contributed by atoms with E-state index in [1.807, 2.05) is 18.2 Å². The Labute approximate surface area is 195 Å². The number of aromatic nitrogens is 3. The zero-order valence-electron chi connectivity index (χ0n) is 18.3. The molecule has 1 fully saturated rings. The Morgan fingerprint density at radius 2 is 2.06 bits per heavy atom. The molecule has 0 radical (unpaired) electrons. The molecule has 1 amide bonds. The molecule has 1 aliphatic heterocycles. The van der Waals surface area contributed by atoms with Crippen LogP contribution >= 0.6 is 11.3 Å². The fraction of sp³-hybridized carbons (Fsp3) is 0.333. The van der Waals surface area contributed by atoms with E-state index < -0.39 is 5.41 Å². The molecule has 1 aromatic carbocycles. The summed E-state index contributed by atoms with van der Waals surface area (Å²) in [5.41, 5.74) is 7.84. The lowest BCUT2D eigenvalue weighted by molar-refractivity contribution is -0.134. The third-order valence-electron chi connectivity index (χ3n) is 6.47. The lowest BCUT2D eigenvalue weighted by Crippen LogP contribution is -2.46. The van der Waals surface area contributed by atoms with Crippen molar-refractivity contribution in [3.63, 3.8) is 0 Å². The minimum absolute atomic E-state index is 0.000797. The maximum Gasteiger partial charge on any atom is 0.233 e. The van der Waals surface area contributed by atoms with Gasteiger partial charge in [0.15, 0.2) is 5.13 Å². The van der Waals surface area contributed by atoms with Crippen LogP contribution in [0.15, 0.2) is 48.8 Å². The van der Waals surface area contributed by atoms with Gasteiger partial charge in [-0.2, -0.15) is 0 Å². The molecule has 0 spiro atoms. The van der Waals surface area contributed by atoms with Gasteiger partial charge in [0, 0.05) is 31.2 Å². The number of nitrogens with one attached hydrogen (secondary N) is 1. The highest BCUT2D eigenvalue weighted by molar-refractivity contribution is 7.22. The molecule has 33 heavy (non-hydrogen) atoms. The standard InChI is InChI=1S/C24H25N5O3S/c1-31-18-6-7-19-20(12-18)33-23(28-19)29-21(30)24(8-10-32-11-9-24)17-4-2-15(3-5-17)16-13-26-22(25)27-14-16/h2-4,6-7,12-14,17H,5,8-11H2,1H3,(H2,25,26,27)(H,28,29,30). The number of hydrogen-bond donors (Lipinski definition) is 2. The summed E-state index contributed by atoms with van der Waals surface area (Å²) >= 11 is 1.45. The summed E-state index contributed by atoms with van der Waals surface area (Å²) in [6, 6.07) is 5.71. The Morgan fingerprint density at radius 1 is 1.27 bits per heavy atom. The second-order valence-electron chi connectivity index (χ2n) is 8.27. The Morgan fingerprint density at radius 3 is 2.76 bits per heavy atom. The molecule has 3 heterocycles. The molecule has 0 saturated carbocycles. The van der Waals surface area contributed by atoms with Gasteiger partial charge >= 0.3 is 0 Å². The number of nitrogen functional groups attached to an aromatic ring is 1. The second-order valence-corrected chi connectivity index (χ2v) is 9.30. The van der Waals surface area contributed by atoms with Crippen LogP contribution in [0.1, 0.15) is 24.8 Å². The third kappa shape index (κ3) is 4.21. The zero-order chi connectivity index (χ0) is 22.8. The van der Waals surface area contributed by atoms with E-state index in [0.717, 1.165) is 33.5 Å². The van der Waals surface area contributed by atoms with Crippen LogP contribution in [0.3, 0.4) is 0 Å². The van der Waals surface area contributed by atoms with Crippen molar-refractivity contribution in [3.8, 4) is 5.75 Å². The van der Waals surface area contributed by atoms with Crippen molar-refractivity contribution in [3.05, 3.63) is 54.4 Å². The Bertz CT molecular complexity index is 1230. The minimum Gasteiger partial charge on any atom is -0.497 e. The molecule has 3 aromatic rings. The van der Waals surface area contributed by atoms with Gasteiger partial charge in [-0.15, -0.1) is 0 Å². The normalized spacial score (nSPS) is 19.8. The van der Waals surface area contributed by atoms with E-state index >= 15 is 0 Å². The largest absolute Gasteiger partial charge is 0.497 e. The first-order valence-electron chi connectivity index (χ1n) is 10.9. The number of nitrogens with two attached hydrogens (primary N) is 1. The molecule has 8 nitrogen and oxygen atoms in total. The number of benzene rings is 1. The van der Waals surface area contributed by atoms with Crippen LogP contribution < -0.4 is 15.8 Å². The molecule has 5 rings (SSSR count). The summed E-state index contributed by atoms with van der Waals surface area (Å²) in [5.74, 6) is 1.09. The average Bonchev–Trinajstić information content (AvgIpc) is 3.26.